The van der Waals surface area contributed by atoms with Gasteiger partial charge in [0, 0.05) is 18.5 Å². The Morgan fingerprint density at radius 2 is 1.63 bits per heavy atom. The van der Waals surface area contributed by atoms with Gasteiger partial charge >= 0.3 is 5.97 Å². The van der Waals surface area contributed by atoms with Crippen LogP contribution in [0.25, 0.3) is 0 Å². The number of nitrogens with one attached hydrogen (secondary N) is 1. The lowest BCUT2D eigenvalue weighted by atomic mass is 10.0. The van der Waals surface area contributed by atoms with Crippen LogP contribution in [0.4, 0.5) is 4.39 Å². The molecule has 0 aliphatic carbocycles. The number of halogens is 1. The number of carboxylic acid groups (broad SMARTS) is 1. The van der Waals surface area contributed by atoms with Gasteiger partial charge in [-0.05, 0) is 17.7 Å². The van der Waals surface area contributed by atoms with Crippen LogP contribution in [0.1, 0.15) is 28.4 Å². The van der Waals surface area contributed by atoms with E-state index in [2.05, 4.69) is 5.32 Å². The SMILES string of the molecule is O=C(NC(C(=O)N1CCC(F)(C(=O)O)C1)c1ccccc1)c1ccccc1. The first-order valence-electron chi connectivity index (χ1n) is 8.53. The minimum Gasteiger partial charge on any atom is -0.479 e. The van der Waals surface area contributed by atoms with Crippen molar-refractivity contribution in [2.75, 3.05) is 13.1 Å². The highest BCUT2D eigenvalue weighted by Crippen LogP contribution is 2.28. The third kappa shape index (κ3) is 3.97. The molecule has 6 nitrogen and oxygen atoms in total. The smallest absolute Gasteiger partial charge is 0.343 e. The van der Waals surface area contributed by atoms with E-state index in [1.54, 1.807) is 60.7 Å². The van der Waals surface area contributed by atoms with Crippen LogP contribution in [0.2, 0.25) is 0 Å². The number of carbonyl (C=O) groups is 3. The summed E-state index contributed by atoms with van der Waals surface area (Å²) >= 11 is 0. The molecule has 140 valence electrons. The number of aliphatic carboxylic acids is 1. The van der Waals surface area contributed by atoms with Crippen LogP contribution in [0.5, 0.6) is 0 Å². The molecule has 2 aromatic carbocycles. The zero-order valence-electron chi connectivity index (χ0n) is 14.5. The molecule has 1 saturated heterocycles. The van der Waals surface area contributed by atoms with E-state index >= 15 is 0 Å². The van der Waals surface area contributed by atoms with Gasteiger partial charge in [0.1, 0.15) is 6.04 Å². The molecule has 1 aliphatic heterocycles. The van der Waals surface area contributed by atoms with Gasteiger partial charge < -0.3 is 15.3 Å². The molecule has 3 rings (SSSR count). The van der Waals surface area contributed by atoms with Gasteiger partial charge in [-0.1, -0.05) is 48.5 Å². The van der Waals surface area contributed by atoms with Crippen LogP contribution in [-0.4, -0.2) is 46.5 Å². The van der Waals surface area contributed by atoms with E-state index in [-0.39, 0.29) is 13.0 Å². The van der Waals surface area contributed by atoms with Crippen molar-refractivity contribution in [1.82, 2.24) is 10.2 Å². The fourth-order valence-electron chi connectivity index (χ4n) is 3.06. The number of hydrogen-bond acceptors (Lipinski definition) is 3. The van der Waals surface area contributed by atoms with Crippen molar-refractivity contribution in [1.29, 1.82) is 0 Å². The fourth-order valence-corrected chi connectivity index (χ4v) is 3.06. The Hall–Kier alpha value is -3.22. The summed E-state index contributed by atoms with van der Waals surface area (Å²) in [5, 5.41) is 11.7. The summed E-state index contributed by atoms with van der Waals surface area (Å²) in [4.78, 5) is 37.8. The summed E-state index contributed by atoms with van der Waals surface area (Å²) in [6, 6.07) is 16.0. The second-order valence-electron chi connectivity index (χ2n) is 6.46. The minimum atomic E-state index is -2.46. The van der Waals surface area contributed by atoms with Crippen molar-refractivity contribution in [2.24, 2.45) is 0 Å². The van der Waals surface area contributed by atoms with Crippen molar-refractivity contribution in [3.63, 3.8) is 0 Å². The summed E-state index contributed by atoms with van der Waals surface area (Å²) in [5.74, 6) is -2.56. The highest BCUT2D eigenvalue weighted by molar-refractivity contribution is 5.98. The minimum absolute atomic E-state index is 0.0217. The highest BCUT2D eigenvalue weighted by atomic mass is 19.1. The van der Waals surface area contributed by atoms with Crippen LogP contribution in [-0.2, 0) is 9.59 Å². The van der Waals surface area contributed by atoms with Crippen LogP contribution >= 0.6 is 0 Å². The number of amides is 2. The quantitative estimate of drug-likeness (QED) is 0.845. The second kappa shape index (κ2) is 7.57. The van der Waals surface area contributed by atoms with E-state index in [9.17, 15) is 18.8 Å². The third-order valence-electron chi connectivity index (χ3n) is 4.61. The monoisotopic (exact) mass is 370 g/mol. The number of nitrogens with zero attached hydrogens (tertiary/aromatic N) is 1. The number of hydrogen-bond donors (Lipinski definition) is 2. The van der Waals surface area contributed by atoms with Gasteiger partial charge in [0.25, 0.3) is 5.91 Å². The number of benzene rings is 2. The zero-order valence-corrected chi connectivity index (χ0v) is 14.5. The molecule has 1 fully saturated rings. The average molecular weight is 370 g/mol. The maximum Gasteiger partial charge on any atom is 0.343 e. The normalized spacial score (nSPS) is 20.1. The first kappa shape index (κ1) is 18.6. The Morgan fingerprint density at radius 1 is 1.04 bits per heavy atom. The molecule has 2 N–H and O–H groups in total. The van der Waals surface area contributed by atoms with Gasteiger partial charge in [-0.3, -0.25) is 9.59 Å². The van der Waals surface area contributed by atoms with Crippen molar-refractivity contribution in [2.45, 2.75) is 18.1 Å². The molecule has 0 aromatic heterocycles. The second-order valence-corrected chi connectivity index (χ2v) is 6.46. The molecule has 0 spiro atoms. The number of carbonyl (C=O) groups excluding carboxylic acids is 2. The highest BCUT2D eigenvalue weighted by Gasteiger charge is 2.48. The molecule has 1 heterocycles. The van der Waals surface area contributed by atoms with E-state index in [0.29, 0.717) is 11.1 Å². The largest absolute Gasteiger partial charge is 0.479 e. The molecular weight excluding hydrogens is 351 g/mol. The Labute approximate surface area is 155 Å². The summed E-state index contributed by atoms with van der Waals surface area (Å²) < 4.78 is 14.4. The molecule has 2 unspecified atom stereocenters. The molecule has 7 heteroatoms. The lowest BCUT2D eigenvalue weighted by molar-refractivity contribution is -0.150. The third-order valence-corrected chi connectivity index (χ3v) is 4.61. The van der Waals surface area contributed by atoms with Crippen molar-refractivity contribution < 1.29 is 23.9 Å². The first-order chi connectivity index (χ1) is 12.9. The van der Waals surface area contributed by atoms with Gasteiger partial charge in [0.05, 0.1) is 6.54 Å². The molecule has 0 bridgehead atoms. The molecular formula is C20H19FN2O4. The Morgan fingerprint density at radius 3 is 2.19 bits per heavy atom. The molecule has 2 aromatic rings. The predicted molar refractivity (Wildman–Crippen MR) is 95.8 cm³/mol. The average Bonchev–Trinajstić information content (AvgIpc) is 3.10. The number of likely N-dealkylation sites (tertiary alicyclic amines) is 1. The maximum atomic E-state index is 14.4. The van der Waals surface area contributed by atoms with Crippen LogP contribution in [0.15, 0.2) is 60.7 Å². The number of carboxylic acids is 1. The Kier molecular flexibility index (Phi) is 5.21. The summed E-state index contributed by atoms with van der Waals surface area (Å²) in [5.41, 5.74) is -1.53. The van der Waals surface area contributed by atoms with E-state index in [0.717, 1.165) is 4.90 Å². The van der Waals surface area contributed by atoms with E-state index in [1.807, 2.05) is 0 Å². The fraction of sp³-hybridized carbons (Fsp3) is 0.250. The first-order valence-corrected chi connectivity index (χ1v) is 8.53. The molecule has 27 heavy (non-hydrogen) atoms. The molecule has 0 radical (unpaired) electrons. The van der Waals surface area contributed by atoms with Crippen molar-refractivity contribution >= 4 is 17.8 Å². The summed E-state index contributed by atoms with van der Waals surface area (Å²) in [6.07, 6.45) is -0.276. The van der Waals surface area contributed by atoms with Crippen LogP contribution < -0.4 is 5.32 Å². The summed E-state index contributed by atoms with van der Waals surface area (Å²) in [7, 11) is 0. The molecule has 1 aliphatic rings. The van der Waals surface area contributed by atoms with E-state index in [1.165, 1.54) is 0 Å². The lowest BCUT2D eigenvalue weighted by Gasteiger charge is -2.25. The van der Waals surface area contributed by atoms with Gasteiger partial charge in [-0.25, -0.2) is 9.18 Å². The van der Waals surface area contributed by atoms with Crippen molar-refractivity contribution in [3.05, 3.63) is 71.8 Å². The van der Waals surface area contributed by atoms with Crippen LogP contribution in [0.3, 0.4) is 0 Å². The summed E-state index contributed by atoms with van der Waals surface area (Å²) in [6.45, 7) is -0.558. The van der Waals surface area contributed by atoms with Crippen molar-refractivity contribution in [3.8, 4) is 0 Å². The topological polar surface area (TPSA) is 86.7 Å². The standard InChI is InChI=1S/C20H19FN2O4/c21-20(19(26)27)11-12-23(13-20)18(25)16(14-7-3-1-4-8-14)22-17(24)15-9-5-2-6-10-15/h1-10,16H,11-13H2,(H,22,24)(H,26,27). The number of alkyl halides is 1. The Bertz CT molecular complexity index is 844. The maximum absolute atomic E-state index is 14.4. The predicted octanol–water partition coefficient (Wildman–Crippen LogP) is 2.18. The molecule has 2 amide bonds. The van der Waals surface area contributed by atoms with Gasteiger partial charge in [-0.15, -0.1) is 0 Å². The van der Waals surface area contributed by atoms with Gasteiger partial charge in [-0.2, -0.15) is 0 Å². The molecule has 0 saturated carbocycles. The van der Waals surface area contributed by atoms with Gasteiger partial charge in [0.15, 0.2) is 0 Å². The zero-order chi connectivity index (χ0) is 19.4. The van der Waals surface area contributed by atoms with Gasteiger partial charge in [0.2, 0.25) is 11.6 Å². The van der Waals surface area contributed by atoms with E-state index < -0.39 is 36.0 Å². The van der Waals surface area contributed by atoms with E-state index in [4.69, 9.17) is 5.11 Å². The van der Waals surface area contributed by atoms with Crippen LogP contribution in [0, 0.1) is 0 Å². The number of rotatable bonds is 5. The lowest BCUT2D eigenvalue weighted by Crippen LogP contribution is -2.44. The Balaban J connectivity index is 1.84. The molecule has 2 atom stereocenters.